The summed E-state index contributed by atoms with van der Waals surface area (Å²) < 4.78 is 5.07. The minimum absolute atomic E-state index is 0.352. The summed E-state index contributed by atoms with van der Waals surface area (Å²) in [5.41, 5.74) is 6.16. The van der Waals surface area contributed by atoms with Crippen LogP contribution in [0.3, 0.4) is 0 Å². The van der Waals surface area contributed by atoms with Crippen LogP contribution in [0.2, 0.25) is 0 Å². The van der Waals surface area contributed by atoms with Crippen LogP contribution in [0.4, 0.5) is 0 Å². The number of rotatable bonds is 4. The van der Waals surface area contributed by atoms with Crippen molar-refractivity contribution in [3.05, 3.63) is 0 Å². The van der Waals surface area contributed by atoms with Gasteiger partial charge in [0, 0.05) is 19.8 Å². The summed E-state index contributed by atoms with van der Waals surface area (Å²) in [6, 6.07) is 0.352. The number of methoxy groups -OCH3 is 1. The number of hydrogen-bond acceptors (Lipinski definition) is 2. The van der Waals surface area contributed by atoms with E-state index in [9.17, 15) is 0 Å². The SMILES string of the molecule is COCCC(N)C1CCC(C)C(C)C1. The minimum atomic E-state index is 0.352. The molecule has 0 bridgehead atoms. The van der Waals surface area contributed by atoms with Crippen LogP contribution in [0.1, 0.15) is 39.5 Å². The summed E-state index contributed by atoms with van der Waals surface area (Å²) in [6.07, 6.45) is 5.00. The average molecular weight is 199 g/mol. The number of hydrogen-bond donors (Lipinski definition) is 1. The fourth-order valence-electron chi connectivity index (χ4n) is 2.47. The zero-order valence-corrected chi connectivity index (χ0v) is 9.83. The molecule has 0 aliphatic heterocycles. The molecule has 0 saturated heterocycles. The third-order valence-electron chi connectivity index (χ3n) is 3.90. The Morgan fingerprint density at radius 1 is 1.29 bits per heavy atom. The fourth-order valence-corrected chi connectivity index (χ4v) is 2.47. The first-order valence-corrected chi connectivity index (χ1v) is 5.89. The Kier molecular flexibility index (Phi) is 4.90. The Morgan fingerprint density at radius 2 is 2.00 bits per heavy atom. The first kappa shape index (κ1) is 12.0. The first-order chi connectivity index (χ1) is 6.65. The van der Waals surface area contributed by atoms with Gasteiger partial charge in [0.05, 0.1) is 0 Å². The van der Waals surface area contributed by atoms with Crippen molar-refractivity contribution < 1.29 is 4.74 Å². The third-order valence-corrected chi connectivity index (χ3v) is 3.90. The highest BCUT2D eigenvalue weighted by Crippen LogP contribution is 2.34. The maximum absolute atomic E-state index is 6.16. The van der Waals surface area contributed by atoms with E-state index < -0.39 is 0 Å². The summed E-state index contributed by atoms with van der Waals surface area (Å²) in [5, 5.41) is 0. The molecule has 0 heterocycles. The van der Waals surface area contributed by atoms with Crippen LogP contribution in [0, 0.1) is 17.8 Å². The molecular formula is C12H25NO. The van der Waals surface area contributed by atoms with Crippen LogP contribution in [0.5, 0.6) is 0 Å². The maximum atomic E-state index is 6.16. The molecule has 2 N–H and O–H groups in total. The van der Waals surface area contributed by atoms with Gasteiger partial charge in [-0.2, -0.15) is 0 Å². The standard InChI is InChI=1S/C12H25NO/c1-9-4-5-11(8-10(9)2)12(13)6-7-14-3/h9-12H,4-8,13H2,1-3H3. The summed E-state index contributed by atoms with van der Waals surface area (Å²) >= 11 is 0. The van der Waals surface area contributed by atoms with Crippen molar-refractivity contribution in [3.63, 3.8) is 0 Å². The molecule has 1 saturated carbocycles. The second-order valence-corrected chi connectivity index (χ2v) is 4.97. The smallest absolute Gasteiger partial charge is 0.0477 e. The van der Waals surface area contributed by atoms with Gasteiger partial charge in [0.2, 0.25) is 0 Å². The van der Waals surface area contributed by atoms with E-state index in [0.717, 1.165) is 30.8 Å². The minimum Gasteiger partial charge on any atom is -0.385 e. The summed E-state index contributed by atoms with van der Waals surface area (Å²) in [4.78, 5) is 0. The van der Waals surface area contributed by atoms with Crippen LogP contribution < -0.4 is 5.73 Å². The number of ether oxygens (including phenoxy) is 1. The molecule has 0 spiro atoms. The van der Waals surface area contributed by atoms with Gasteiger partial charge in [-0.05, 0) is 37.0 Å². The maximum Gasteiger partial charge on any atom is 0.0477 e. The fraction of sp³-hybridized carbons (Fsp3) is 1.00. The van der Waals surface area contributed by atoms with Crippen LogP contribution in [0.15, 0.2) is 0 Å². The molecule has 1 aliphatic carbocycles. The molecule has 84 valence electrons. The van der Waals surface area contributed by atoms with Crippen molar-refractivity contribution in [1.29, 1.82) is 0 Å². The van der Waals surface area contributed by atoms with Crippen LogP contribution in [-0.2, 0) is 4.74 Å². The van der Waals surface area contributed by atoms with Gasteiger partial charge >= 0.3 is 0 Å². The zero-order chi connectivity index (χ0) is 10.6. The van der Waals surface area contributed by atoms with Gasteiger partial charge in [-0.3, -0.25) is 0 Å². The van der Waals surface area contributed by atoms with Gasteiger partial charge in [0.1, 0.15) is 0 Å². The quantitative estimate of drug-likeness (QED) is 0.754. The molecule has 0 aromatic rings. The monoisotopic (exact) mass is 199 g/mol. The molecule has 4 unspecified atom stereocenters. The first-order valence-electron chi connectivity index (χ1n) is 5.89. The summed E-state index contributed by atoms with van der Waals surface area (Å²) in [6.45, 7) is 5.53. The van der Waals surface area contributed by atoms with Gasteiger partial charge in [0.25, 0.3) is 0 Å². The largest absolute Gasteiger partial charge is 0.385 e. The molecule has 0 amide bonds. The normalized spacial score (nSPS) is 35.6. The van der Waals surface area contributed by atoms with Crippen molar-refractivity contribution in [1.82, 2.24) is 0 Å². The predicted octanol–water partition coefficient (Wildman–Crippen LogP) is 2.42. The van der Waals surface area contributed by atoms with E-state index in [4.69, 9.17) is 10.5 Å². The van der Waals surface area contributed by atoms with E-state index in [1.54, 1.807) is 7.11 Å². The molecule has 2 nitrogen and oxygen atoms in total. The topological polar surface area (TPSA) is 35.2 Å². The van der Waals surface area contributed by atoms with Gasteiger partial charge in [-0.25, -0.2) is 0 Å². The van der Waals surface area contributed by atoms with E-state index >= 15 is 0 Å². The van der Waals surface area contributed by atoms with E-state index in [-0.39, 0.29) is 0 Å². The Hall–Kier alpha value is -0.0800. The van der Waals surface area contributed by atoms with E-state index in [0.29, 0.717) is 6.04 Å². The molecule has 0 aromatic heterocycles. The van der Waals surface area contributed by atoms with Gasteiger partial charge < -0.3 is 10.5 Å². The second kappa shape index (κ2) is 5.72. The van der Waals surface area contributed by atoms with Crippen molar-refractivity contribution in [2.24, 2.45) is 23.5 Å². The number of nitrogens with two attached hydrogens (primary N) is 1. The van der Waals surface area contributed by atoms with Gasteiger partial charge in [0.15, 0.2) is 0 Å². The highest BCUT2D eigenvalue weighted by atomic mass is 16.5. The van der Waals surface area contributed by atoms with Crippen LogP contribution >= 0.6 is 0 Å². The van der Waals surface area contributed by atoms with E-state index in [1.807, 2.05) is 0 Å². The Balaban J connectivity index is 2.30. The molecule has 4 atom stereocenters. The predicted molar refractivity (Wildman–Crippen MR) is 60.1 cm³/mol. The molecule has 1 rings (SSSR count). The lowest BCUT2D eigenvalue weighted by atomic mass is 9.73. The van der Waals surface area contributed by atoms with Crippen LogP contribution in [0.25, 0.3) is 0 Å². The molecule has 1 fully saturated rings. The molecule has 1 aliphatic rings. The third kappa shape index (κ3) is 3.25. The molecular weight excluding hydrogens is 174 g/mol. The molecule has 14 heavy (non-hydrogen) atoms. The summed E-state index contributed by atoms with van der Waals surface area (Å²) in [7, 11) is 1.75. The van der Waals surface area contributed by atoms with Crippen molar-refractivity contribution in [3.8, 4) is 0 Å². The highest BCUT2D eigenvalue weighted by molar-refractivity contribution is 4.81. The Labute approximate surface area is 88.2 Å². The Bertz CT molecular complexity index is 160. The summed E-state index contributed by atoms with van der Waals surface area (Å²) in [5.74, 6) is 2.47. The lowest BCUT2D eigenvalue weighted by Crippen LogP contribution is -2.36. The highest BCUT2D eigenvalue weighted by Gasteiger charge is 2.27. The van der Waals surface area contributed by atoms with E-state index in [1.165, 1.54) is 19.3 Å². The Morgan fingerprint density at radius 3 is 2.57 bits per heavy atom. The lowest BCUT2D eigenvalue weighted by molar-refractivity contribution is 0.146. The average Bonchev–Trinajstić information content (AvgIpc) is 2.18. The van der Waals surface area contributed by atoms with E-state index in [2.05, 4.69) is 13.8 Å². The molecule has 2 heteroatoms. The molecule has 0 radical (unpaired) electrons. The zero-order valence-electron chi connectivity index (χ0n) is 9.83. The second-order valence-electron chi connectivity index (χ2n) is 4.97. The van der Waals surface area contributed by atoms with Crippen molar-refractivity contribution in [2.75, 3.05) is 13.7 Å². The van der Waals surface area contributed by atoms with Crippen molar-refractivity contribution in [2.45, 2.75) is 45.6 Å². The van der Waals surface area contributed by atoms with Crippen LogP contribution in [-0.4, -0.2) is 19.8 Å². The lowest BCUT2D eigenvalue weighted by Gasteiger charge is -2.35. The molecule has 0 aromatic carbocycles. The van der Waals surface area contributed by atoms with Gasteiger partial charge in [-0.1, -0.05) is 20.3 Å². The van der Waals surface area contributed by atoms with Crippen molar-refractivity contribution >= 4 is 0 Å². The van der Waals surface area contributed by atoms with Gasteiger partial charge in [-0.15, -0.1) is 0 Å².